The van der Waals surface area contributed by atoms with E-state index in [0.717, 1.165) is 12.8 Å². The van der Waals surface area contributed by atoms with Crippen LogP contribution in [0.15, 0.2) is 11.1 Å². The molecule has 0 aromatic carbocycles. The molecule has 0 aromatic heterocycles. The van der Waals surface area contributed by atoms with E-state index in [1.807, 2.05) is 0 Å². The molecular weight excluding hydrogens is 235 g/mol. The Bertz CT molecular complexity index is 256. The fourth-order valence-electron chi connectivity index (χ4n) is 1.51. The van der Waals surface area contributed by atoms with Crippen LogP contribution in [0.4, 0.5) is 0 Å². The van der Waals surface area contributed by atoms with Gasteiger partial charge in [-0.2, -0.15) is 0 Å². The van der Waals surface area contributed by atoms with E-state index in [1.165, 1.54) is 0 Å². The van der Waals surface area contributed by atoms with Gasteiger partial charge in [-0.15, -0.1) is 11.6 Å². The minimum Gasteiger partial charge on any atom is -0.348 e. The minimum absolute atomic E-state index is 0.00465. The van der Waals surface area contributed by atoms with Crippen LogP contribution in [-0.4, -0.2) is 23.9 Å². The van der Waals surface area contributed by atoms with Gasteiger partial charge in [-0.3, -0.25) is 4.79 Å². The molecule has 15 heavy (non-hydrogen) atoms. The number of nitrogens with one attached hydrogen (secondary N) is 1. The largest absolute Gasteiger partial charge is 0.348 e. The minimum atomic E-state index is -0.0630. The molecule has 86 valence electrons. The second-order valence-electron chi connectivity index (χ2n) is 3.66. The van der Waals surface area contributed by atoms with Crippen molar-refractivity contribution in [1.82, 2.24) is 5.32 Å². The highest BCUT2D eigenvalue weighted by Gasteiger charge is 2.21. The highest BCUT2D eigenvalue weighted by Crippen LogP contribution is 2.24. The zero-order valence-electron chi connectivity index (χ0n) is 8.51. The monoisotopic (exact) mass is 250 g/mol. The van der Waals surface area contributed by atoms with E-state index >= 15 is 0 Å². The number of hydrogen-bond donors (Lipinski definition) is 2. The Morgan fingerprint density at radius 1 is 1.60 bits per heavy atom. The van der Waals surface area contributed by atoms with Crippen LogP contribution in [0.3, 0.4) is 0 Å². The lowest BCUT2D eigenvalue weighted by Gasteiger charge is -2.23. The first-order chi connectivity index (χ1) is 7.13. The molecule has 0 bridgehead atoms. The van der Waals surface area contributed by atoms with Crippen molar-refractivity contribution in [3.8, 4) is 0 Å². The van der Waals surface area contributed by atoms with Crippen molar-refractivity contribution in [2.45, 2.75) is 37.1 Å². The molecule has 3 N–H and O–H groups in total. The first-order valence-corrected chi connectivity index (χ1v) is 5.95. The maximum Gasteiger partial charge on any atom is 0.220 e. The smallest absolute Gasteiger partial charge is 0.220 e. The lowest BCUT2D eigenvalue weighted by Crippen LogP contribution is -2.37. The molecule has 3 nitrogen and oxygen atoms in total. The topological polar surface area (TPSA) is 55.1 Å². The van der Waals surface area contributed by atoms with E-state index in [0.29, 0.717) is 24.4 Å². The molecule has 1 amide bonds. The summed E-state index contributed by atoms with van der Waals surface area (Å²) in [5.41, 5.74) is 5.32. The van der Waals surface area contributed by atoms with Crippen LogP contribution < -0.4 is 11.1 Å². The van der Waals surface area contributed by atoms with E-state index < -0.39 is 0 Å². The van der Waals surface area contributed by atoms with Crippen molar-refractivity contribution in [2.24, 2.45) is 5.73 Å². The summed E-state index contributed by atoms with van der Waals surface area (Å²) in [5, 5.41) is 3.51. The van der Waals surface area contributed by atoms with E-state index in [1.54, 1.807) is 6.08 Å². The molecule has 0 heterocycles. The predicted molar refractivity (Wildman–Crippen MR) is 63.0 cm³/mol. The molecule has 5 heteroatoms. The van der Waals surface area contributed by atoms with Gasteiger partial charge < -0.3 is 11.1 Å². The Kier molecular flexibility index (Phi) is 5.43. The Morgan fingerprint density at radius 2 is 2.33 bits per heavy atom. The lowest BCUT2D eigenvalue weighted by atomic mass is 10.0. The van der Waals surface area contributed by atoms with E-state index in [-0.39, 0.29) is 17.3 Å². The van der Waals surface area contributed by atoms with Gasteiger partial charge in [0.25, 0.3) is 0 Å². The first-order valence-electron chi connectivity index (χ1n) is 5.14. The summed E-state index contributed by atoms with van der Waals surface area (Å²) >= 11 is 11.9. The van der Waals surface area contributed by atoms with Crippen LogP contribution in [0.1, 0.15) is 25.7 Å². The summed E-state index contributed by atoms with van der Waals surface area (Å²) in [7, 11) is 0. The average Bonchev–Trinajstić information content (AvgIpc) is 2.19. The number of carbonyl (C=O) groups excluding carboxylic acids is 1. The lowest BCUT2D eigenvalue weighted by molar-refractivity contribution is -0.121. The predicted octanol–water partition coefficient (Wildman–Crippen LogP) is 1.73. The van der Waals surface area contributed by atoms with Crippen molar-refractivity contribution < 1.29 is 4.79 Å². The summed E-state index contributed by atoms with van der Waals surface area (Å²) in [6.07, 6.45) is 4.61. The van der Waals surface area contributed by atoms with Gasteiger partial charge in [-0.25, -0.2) is 0 Å². The molecule has 1 aliphatic carbocycles. The van der Waals surface area contributed by atoms with Gasteiger partial charge in [0.05, 0.1) is 11.4 Å². The van der Waals surface area contributed by atoms with Crippen LogP contribution in [0.25, 0.3) is 0 Å². The molecule has 2 unspecified atom stereocenters. The zero-order chi connectivity index (χ0) is 11.3. The maximum absolute atomic E-state index is 11.4. The zero-order valence-corrected chi connectivity index (χ0v) is 10.0. The SMILES string of the molecule is NCCCC(=O)NC1CCC(Cl)C=C1Cl. The van der Waals surface area contributed by atoms with Crippen molar-refractivity contribution in [1.29, 1.82) is 0 Å². The van der Waals surface area contributed by atoms with Crippen LogP contribution >= 0.6 is 23.2 Å². The van der Waals surface area contributed by atoms with Gasteiger partial charge in [0, 0.05) is 11.5 Å². The Morgan fingerprint density at radius 3 is 2.93 bits per heavy atom. The fourth-order valence-corrected chi connectivity index (χ4v) is 2.15. The highest BCUT2D eigenvalue weighted by molar-refractivity contribution is 6.31. The number of rotatable bonds is 4. The molecule has 0 aliphatic heterocycles. The number of alkyl halides is 1. The first kappa shape index (κ1) is 12.8. The van der Waals surface area contributed by atoms with Crippen molar-refractivity contribution in [3.05, 3.63) is 11.1 Å². The van der Waals surface area contributed by atoms with Crippen LogP contribution in [0.2, 0.25) is 0 Å². The molecule has 0 spiro atoms. The number of halogens is 2. The molecule has 0 fully saturated rings. The Labute approximate surface area is 100.0 Å². The van der Waals surface area contributed by atoms with Crippen LogP contribution in [0, 0.1) is 0 Å². The number of amides is 1. The maximum atomic E-state index is 11.4. The molecule has 1 rings (SSSR count). The third-order valence-electron chi connectivity index (χ3n) is 2.35. The second-order valence-corrected chi connectivity index (χ2v) is 4.65. The molecule has 0 radical (unpaired) electrons. The van der Waals surface area contributed by atoms with E-state index in [4.69, 9.17) is 28.9 Å². The van der Waals surface area contributed by atoms with E-state index in [9.17, 15) is 4.79 Å². The van der Waals surface area contributed by atoms with Crippen molar-refractivity contribution in [3.63, 3.8) is 0 Å². The third kappa shape index (κ3) is 4.41. The fraction of sp³-hybridized carbons (Fsp3) is 0.700. The third-order valence-corrected chi connectivity index (χ3v) is 3.08. The number of nitrogens with two attached hydrogens (primary N) is 1. The van der Waals surface area contributed by atoms with Gasteiger partial charge in [-0.05, 0) is 25.8 Å². The summed E-state index contributed by atoms with van der Waals surface area (Å²) in [4.78, 5) is 11.4. The average molecular weight is 251 g/mol. The molecule has 0 saturated carbocycles. The van der Waals surface area contributed by atoms with Crippen molar-refractivity contribution >= 4 is 29.1 Å². The number of carbonyl (C=O) groups is 1. The van der Waals surface area contributed by atoms with Crippen molar-refractivity contribution in [2.75, 3.05) is 6.54 Å². The molecule has 2 atom stereocenters. The van der Waals surface area contributed by atoms with Gasteiger partial charge >= 0.3 is 0 Å². The molecule has 0 aromatic rings. The summed E-state index contributed by atoms with van der Waals surface area (Å²) < 4.78 is 0. The van der Waals surface area contributed by atoms with E-state index in [2.05, 4.69) is 5.32 Å². The van der Waals surface area contributed by atoms with Gasteiger partial charge in [0.2, 0.25) is 5.91 Å². The van der Waals surface area contributed by atoms with Crippen LogP contribution in [0.5, 0.6) is 0 Å². The second kappa shape index (κ2) is 6.36. The summed E-state index contributed by atoms with van der Waals surface area (Å²) in [6.45, 7) is 0.533. The number of allylic oxidation sites excluding steroid dienone is 1. The van der Waals surface area contributed by atoms with Gasteiger partial charge in [0.15, 0.2) is 0 Å². The van der Waals surface area contributed by atoms with Gasteiger partial charge in [0.1, 0.15) is 0 Å². The normalized spacial score (nSPS) is 25.9. The number of hydrogen-bond acceptors (Lipinski definition) is 2. The molecule has 0 saturated heterocycles. The summed E-state index contributed by atoms with van der Waals surface area (Å²) in [5.74, 6) is 0.00465. The molecule has 1 aliphatic rings. The van der Waals surface area contributed by atoms with Crippen LogP contribution in [-0.2, 0) is 4.79 Å². The Hall–Kier alpha value is -0.250. The molecular formula is C10H16Cl2N2O. The van der Waals surface area contributed by atoms with Gasteiger partial charge in [-0.1, -0.05) is 17.7 Å². The highest BCUT2D eigenvalue weighted by atomic mass is 35.5. The standard InChI is InChI=1S/C10H16Cl2N2O/c11-7-3-4-9(8(12)6-7)14-10(15)2-1-5-13/h6-7,9H,1-5,13H2,(H,14,15). The Balaban J connectivity index is 2.38. The summed E-state index contributed by atoms with van der Waals surface area (Å²) in [6, 6.07) is -0.0630. The quantitative estimate of drug-likeness (QED) is 0.747.